The number of rotatable bonds is 4. The molecular formula is C13H19N7. The molecule has 0 radical (unpaired) electrons. The minimum Gasteiger partial charge on any atom is -0.296 e. The van der Waals surface area contributed by atoms with Crippen LogP contribution in [0.1, 0.15) is 49.0 Å². The van der Waals surface area contributed by atoms with Crippen LogP contribution in [0.5, 0.6) is 0 Å². The number of aromatic nitrogens is 6. The minimum atomic E-state index is 0.559. The highest BCUT2D eigenvalue weighted by molar-refractivity contribution is 5.11. The van der Waals surface area contributed by atoms with Crippen LogP contribution in [0.4, 0.5) is 0 Å². The van der Waals surface area contributed by atoms with Crippen molar-refractivity contribution in [1.82, 2.24) is 35.3 Å². The summed E-state index contributed by atoms with van der Waals surface area (Å²) >= 11 is 0. The third-order valence-electron chi connectivity index (χ3n) is 4.40. The second-order valence-electron chi connectivity index (χ2n) is 5.85. The maximum atomic E-state index is 4.19. The van der Waals surface area contributed by atoms with Crippen molar-refractivity contribution < 1.29 is 0 Å². The minimum absolute atomic E-state index is 0.559. The van der Waals surface area contributed by atoms with E-state index >= 15 is 0 Å². The van der Waals surface area contributed by atoms with E-state index in [1.165, 1.54) is 31.2 Å². The normalized spacial score (nSPS) is 21.4. The van der Waals surface area contributed by atoms with Gasteiger partial charge in [-0.3, -0.25) is 10.00 Å². The van der Waals surface area contributed by atoms with Crippen LogP contribution in [0.25, 0.3) is 0 Å². The van der Waals surface area contributed by atoms with Gasteiger partial charge in [0.25, 0.3) is 0 Å². The molecule has 1 N–H and O–H groups in total. The molecule has 3 heterocycles. The van der Waals surface area contributed by atoms with Gasteiger partial charge < -0.3 is 0 Å². The molecule has 0 spiro atoms. The summed E-state index contributed by atoms with van der Waals surface area (Å²) in [6.07, 6.45) is 8.79. The molecular weight excluding hydrogens is 254 g/mol. The molecule has 0 unspecified atom stereocenters. The van der Waals surface area contributed by atoms with E-state index in [-0.39, 0.29) is 0 Å². The SMILES string of the molecule is c1n[nH]cc1C1CCN(Cc2nnnn2C2CC2)CC1. The Bertz CT molecular complexity index is 549. The fourth-order valence-electron chi connectivity index (χ4n) is 3.03. The molecule has 0 aromatic carbocycles. The maximum Gasteiger partial charge on any atom is 0.165 e. The van der Waals surface area contributed by atoms with E-state index in [0.717, 1.165) is 25.5 Å². The van der Waals surface area contributed by atoms with E-state index in [1.807, 2.05) is 17.1 Å². The first-order chi connectivity index (χ1) is 9.90. The van der Waals surface area contributed by atoms with Gasteiger partial charge in [-0.2, -0.15) is 5.10 Å². The van der Waals surface area contributed by atoms with Gasteiger partial charge in [0.2, 0.25) is 0 Å². The largest absolute Gasteiger partial charge is 0.296 e. The van der Waals surface area contributed by atoms with Crippen LogP contribution in [0.15, 0.2) is 12.4 Å². The molecule has 1 aliphatic heterocycles. The van der Waals surface area contributed by atoms with E-state index in [4.69, 9.17) is 0 Å². The lowest BCUT2D eigenvalue weighted by Crippen LogP contribution is -2.33. The number of aromatic amines is 1. The van der Waals surface area contributed by atoms with E-state index in [9.17, 15) is 0 Å². The number of hydrogen-bond acceptors (Lipinski definition) is 5. The monoisotopic (exact) mass is 273 g/mol. The highest BCUT2D eigenvalue weighted by Crippen LogP contribution is 2.35. The number of H-pyrrole nitrogens is 1. The highest BCUT2D eigenvalue weighted by atomic mass is 15.6. The van der Waals surface area contributed by atoms with Crippen LogP contribution >= 0.6 is 0 Å². The number of piperidine rings is 1. The fraction of sp³-hybridized carbons (Fsp3) is 0.692. The molecule has 7 heteroatoms. The van der Waals surface area contributed by atoms with Crippen LogP contribution in [-0.2, 0) is 6.54 Å². The Morgan fingerprint density at radius 2 is 2.05 bits per heavy atom. The molecule has 20 heavy (non-hydrogen) atoms. The van der Waals surface area contributed by atoms with Crippen LogP contribution in [0.3, 0.4) is 0 Å². The molecule has 4 rings (SSSR count). The van der Waals surface area contributed by atoms with Crippen LogP contribution in [0, 0.1) is 0 Å². The summed E-state index contributed by atoms with van der Waals surface area (Å²) < 4.78 is 2.02. The topological polar surface area (TPSA) is 75.5 Å². The molecule has 0 atom stereocenters. The first-order valence-corrected chi connectivity index (χ1v) is 7.38. The molecule has 2 aliphatic rings. The predicted molar refractivity (Wildman–Crippen MR) is 71.9 cm³/mol. The molecule has 106 valence electrons. The summed E-state index contributed by atoms with van der Waals surface area (Å²) in [7, 11) is 0. The summed E-state index contributed by atoms with van der Waals surface area (Å²) in [6.45, 7) is 3.09. The van der Waals surface area contributed by atoms with E-state index in [1.54, 1.807) is 0 Å². The molecule has 0 amide bonds. The van der Waals surface area contributed by atoms with E-state index in [0.29, 0.717) is 12.0 Å². The molecule has 2 fully saturated rings. The Hall–Kier alpha value is -1.76. The third kappa shape index (κ3) is 2.33. The van der Waals surface area contributed by atoms with Crippen molar-refractivity contribution >= 4 is 0 Å². The van der Waals surface area contributed by atoms with E-state index < -0.39 is 0 Å². The number of nitrogens with one attached hydrogen (secondary N) is 1. The zero-order chi connectivity index (χ0) is 13.4. The quantitative estimate of drug-likeness (QED) is 0.903. The second kappa shape index (κ2) is 4.97. The van der Waals surface area contributed by atoms with Crippen molar-refractivity contribution in [1.29, 1.82) is 0 Å². The summed E-state index contributed by atoms with van der Waals surface area (Å²) in [6, 6.07) is 0.559. The maximum absolute atomic E-state index is 4.19. The van der Waals surface area contributed by atoms with Gasteiger partial charge in [0.05, 0.1) is 18.8 Å². The second-order valence-corrected chi connectivity index (χ2v) is 5.85. The zero-order valence-electron chi connectivity index (χ0n) is 11.4. The molecule has 1 saturated carbocycles. The lowest BCUT2D eigenvalue weighted by molar-refractivity contribution is 0.197. The van der Waals surface area contributed by atoms with Crippen molar-refractivity contribution in [2.75, 3.05) is 13.1 Å². The summed E-state index contributed by atoms with van der Waals surface area (Å²) in [5, 5.41) is 19.1. The number of nitrogens with zero attached hydrogens (tertiary/aromatic N) is 6. The van der Waals surface area contributed by atoms with Crippen molar-refractivity contribution in [3.63, 3.8) is 0 Å². The Kier molecular flexibility index (Phi) is 2.99. The smallest absolute Gasteiger partial charge is 0.165 e. The fourth-order valence-corrected chi connectivity index (χ4v) is 3.03. The van der Waals surface area contributed by atoms with Crippen LogP contribution in [-0.4, -0.2) is 48.4 Å². The Morgan fingerprint density at radius 3 is 2.75 bits per heavy atom. The highest BCUT2D eigenvalue weighted by Gasteiger charge is 2.29. The van der Waals surface area contributed by atoms with Gasteiger partial charge in [-0.25, -0.2) is 4.68 Å². The van der Waals surface area contributed by atoms with Gasteiger partial charge in [0.15, 0.2) is 5.82 Å². The molecule has 2 aromatic heterocycles. The average molecular weight is 273 g/mol. The molecule has 2 aromatic rings. The lowest BCUT2D eigenvalue weighted by atomic mass is 9.91. The Morgan fingerprint density at radius 1 is 1.20 bits per heavy atom. The molecule has 1 aliphatic carbocycles. The summed E-state index contributed by atoms with van der Waals surface area (Å²) in [5.74, 6) is 1.67. The number of tetrazole rings is 1. The molecule has 0 bridgehead atoms. The van der Waals surface area contributed by atoms with Crippen molar-refractivity contribution in [3.8, 4) is 0 Å². The number of hydrogen-bond donors (Lipinski definition) is 1. The van der Waals surface area contributed by atoms with Crippen molar-refractivity contribution in [3.05, 3.63) is 23.8 Å². The van der Waals surface area contributed by atoms with Gasteiger partial charge in [0, 0.05) is 6.20 Å². The Labute approximate surface area is 117 Å². The van der Waals surface area contributed by atoms with E-state index in [2.05, 4.69) is 30.6 Å². The van der Waals surface area contributed by atoms with Crippen LogP contribution in [0.2, 0.25) is 0 Å². The first-order valence-electron chi connectivity index (χ1n) is 7.38. The molecule has 1 saturated heterocycles. The lowest BCUT2D eigenvalue weighted by Gasteiger charge is -2.30. The van der Waals surface area contributed by atoms with Crippen molar-refractivity contribution in [2.45, 2.75) is 44.2 Å². The predicted octanol–water partition coefficient (Wildman–Crippen LogP) is 1.11. The first kappa shape index (κ1) is 12.0. The average Bonchev–Trinajstić information content (AvgIpc) is 3.00. The van der Waals surface area contributed by atoms with Crippen LogP contribution < -0.4 is 0 Å². The molecule has 7 nitrogen and oxygen atoms in total. The standard InChI is InChI=1S/C13H19N7/c1-2-12(1)20-13(16-17-18-20)9-19-5-3-10(4-6-19)11-7-14-15-8-11/h7-8,10,12H,1-6,9H2,(H,14,15). The summed E-state index contributed by atoms with van der Waals surface area (Å²) in [5.41, 5.74) is 1.34. The third-order valence-corrected chi connectivity index (χ3v) is 4.40. The van der Waals surface area contributed by atoms with Gasteiger partial charge in [0.1, 0.15) is 0 Å². The summed E-state index contributed by atoms with van der Waals surface area (Å²) in [4.78, 5) is 2.46. The van der Waals surface area contributed by atoms with Gasteiger partial charge in [-0.1, -0.05) is 0 Å². The Balaban J connectivity index is 1.36. The number of likely N-dealkylation sites (tertiary alicyclic amines) is 1. The van der Waals surface area contributed by atoms with Crippen molar-refractivity contribution in [2.24, 2.45) is 0 Å². The van der Waals surface area contributed by atoms with Gasteiger partial charge in [-0.15, -0.1) is 5.10 Å². The van der Waals surface area contributed by atoms with Gasteiger partial charge >= 0.3 is 0 Å². The van der Waals surface area contributed by atoms with Gasteiger partial charge in [-0.05, 0) is 60.7 Å². The zero-order valence-corrected chi connectivity index (χ0v) is 11.4.